The summed E-state index contributed by atoms with van der Waals surface area (Å²) < 4.78 is 6.37. The third kappa shape index (κ3) is 4.07. The highest BCUT2D eigenvalue weighted by molar-refractivity contribution is 7.15. The lowest BCUT2D eigenvalue weighted by atomic mass is 10.1. The lowest BCUT2D eigenvalue weighted by Gasteiger charge is -1.99. The van der Waals surface area contributed by atoms with Gasteiger partial charge in [-0.15, -0.1) is 16.4 Å². The molecule has 0 saturated carbocycles. The Kier molecular flexibility index (Phi) is 5.17. The van der Waals surface area contributed by atoms with E-state index < -0.39 is 5.97 Å². The van der Waals surface area contributed by atoms with Gasteiger partial charge >= 0.3 is 5.97 Å². The molecule has 1 N–H and O–H groups in total. The van der Waals surface area contributed by atoms with Crippen molar-refractivity contribution in [1.82, 2.24) is 14.6 Å². The summed E-state index contributed by atoms with van der Waals surface area (Å²) in [5.74, 6) is -0.509. The van der Waals surface area contributed by atoms with Crippen LogP contribution >= 0.6 is 11.3 Å². The van der Waals surface area contributed by atoms with Crippen LogP contribution in [0.25, 0.3) is 22.3 Å². The maximum atomic E-state index is 12.2. The molecular weight excluding hydrogens is 388 g/mol. The van der Waals surface area contributed by atoms with Crippen molar-refractivity contribution in [3.8, 4) is 11.3 Å². The van der Waals surface area contributed by atoms with E-state index in [2.05, 4.69) is 20.1 Å². The van der Waals surface area contributed by atoms with Gasteiger partial charge in [-0.3, -0.25) is 10.1 Å². The minimum Gasteiger partial charge on any atom is -0.465 e. The molecule has 0 fully saturated rings. The van der Waals surface area contributed by atoms with Crippen molar-refractivity contribution in [2.45, 2.75) is 0 Å². The van der Waals surface area contributed by atoms with Gasteiger partial charge in [0.05, 0.1) is 18.4 Å². The van der Waals surface area contributed by atoms with Crippen LogP contribution in [-0.2, 0) is 9.53 Å². The second-order valence-corrected chi connectivity index (χ2v) is 6.89. The number of carbonyl (C=O) groups excluding carboxylic acids is 2. The largest absolute Gasteiger partial charge is 0.465 e. The zero-order valence-corrected chi connectivity index (χ0v) is 16.2. The quantitative estimate of drug-likeness (QED) is 0.403. The number of amides is 1. The van der Waals surface area contributed by atoms with E-state index in [-0.39, 0.29) is 11.9 Å². The molecule has 0 aliphatic rings. The third-order valence-electron chi connectivity index (χ3n) is 4.15. The van der Waals surface area contributed by atoms with Gasteiger partial charge in [0.25, 0.3) is 11.9 Å². The first-order chi connectivity index (χ1) is 14.1. The van der Waals surface area contributed by atoms with Crippen molar-refractivity contribution >= 4 is 40.2 Å². The molecule has 0 atom stereocenters. The van der Waals surface area contributed by atoms with Crippen LogP contribution in [0.2, 0.25) is 0 Å². The van der Waals surface area contributed by atoms with E-state index >= 15 is 0 Å². The van der Waals surface area contributed by atoms with Crippen molar-refractivity contribution in [3.63, 3.8) is 0 Å². The van der Waals surface area contributed by atoms with Crippen LogP contribution in [0.5, 0.6) is 0 Å². The molecule has 29 heavy (non-hydrogen) atoms. The van der Waals surface area contributed by atoms with Crippen molar-refractivity contribution in [3.05, 3.63) is 77.2 Å². The number of thiazole rings is 1. The number of fused-ring (bicyclic) bond motifs is 1. The first-order valence-corrected chi connectivity index (χ1v) is 9.59. The number of hydrogen-bond donors (Lipinski definition) is 1. The van der Waals surface area contributed by atoms with Crippen molar-refractivity contribution < 1.29 is 14.3 Å². The molecule has 8 heteroatoms. The van der Waals surface area contributed by atoms with Crippen molar-refractivity contribution in [2.75, 3.05) is 12.4 Å². The molecule has 2 aromatic heterocycles. The highest BCUT2D eigenvalue weighted by Crippen LogP contribution is 2.25. The standard InChI is InChI=1S/C21H16N4O3S/c1-28-19(27)16-10-7-14(8-11-16)9-12-18(26)22-20-23-21-25(24-20)17(13-29-21)15-5-3-2-4-6-15/h2-13H,1H3,(H,22,24,26)/b12-9+. The van der Waals surface area contributed by atoms with Crippen molar-refractivity contribution in [1.29, 1.82) is 0 Å². The number of benzene rings is 2. The van der Waals surface area contributed by atoms with Crippen LogP contribution in [0.15, 0.2) is 66.1 Å². The van der Waals surface area contributed by atoms with Crippen molar-refractivity contribution in [2.24, 2.45) is 0 Å². The predicted molar refractivity (Wildman–Crippen MR) is 112 cm³/mol. The minimum atomic E-state index is -0.404. The van der Waals surface area contributed by atoms with Gasteiger partial charge in [0.15, 0.2) is 0 Å². The summed E-state index contributed by atoms with van der Waals surface area (Å²) in [5.41, 5.74) is 3.17. The van der Waals surface area contributed by atoms with Gasteiger partial charge in [-0.25, -0.2) is 9.31 Å². The summed E-state index contributed by atoms with van der Waals surface area (Å²) >= 11 is 1.45. The van der Waals surface area contributed by atoms with Crippen LogP contribution in [0.4, 0.5) is 5.95 Å². The maximum Gasteiger partial charge on any atom is 0.337 e. The van der Waals surface area contributed by atoms with Gasteiger partial charge in [-0.05, 0) is 23.8 Å². The molecule has 1 amide bonds. The Labute approximate surface area is 170 Å². The number of hydrogen-bond acceptors (Lipinski definition) is 6. The second-order valence-electron chi connectivity index (χ2n) is 6.05. The normalized spacial score (nSPS) is 11.1. The third-order valence-corrected chi connectivity index (χ3v) is 4.96. The van der Waals surface area contributed by atoms with Gasteiger partial charge in [-0.1, -0.05) is 42.5 Å². The Hall–Kier alpha value is -3.78. The number of nitrogens with one attached hydrogen (secondary N) is 1. The van der Waals surface area contributed by atoms with Crippen LogP contribution in [0, 0.1) is 0 Å². The smallest absolute Gasteiger partial charge is 0.337 e. The zero-order chi connectivity index (χ0) is 20.2. The van der Waals surface area contributed by atoms with E-state index in [1.165, 1.54) is 24.5 Å². The number of rotatable bonds is 5. The zero-order valence-electron chi connectivity index (χ0n) is 15.4. The lowest BCUT2D eigenvalue weighted by Crippen LogP contribution is -2.09. The molecule has 0 unspecified atom stereocenters. The molecule has 4 rings (SSSR count). The Morgan fingerprint density at radius 2 is 1.86 bits per heavy atom. The molecule has 0 saturated heterocycles. The molecule has 0 aliphatic heterocycles. The van der Waals surface area contributed by atoms with Gasteiger partial charge in [0.2, 0.25) is 4.96 Å². The summed E-state index contributed by atoms with van der Waals surface area (Å²) in [6.07, 6.45) is 3.03. The van der Waals surface area contributed by atoms with Crippen LogP contribution in [0.1, 0.15) is 15.9 Å². The molecule has 2 aromatic carbocycles. The first-order valence-electron chi connectivity index (χ1n) is 8.71. The molecule has 0 radical (unpaired) electrons. The minimum absolute atomic E-state index is 0.240. The Bertz CT molecular complexity index is 1190. The van der Waals surface area contributed by atoms with Crippen LogP contribution in [0.3, 0.4) is 0 Å². The highest BCUT2D eigenvalue weighted by atomic mass is 32.1. The summed E-state index contributed by atoms with van der Waals surface area (Å²) in [6.45, 7) is 0. The second kappa shape index (κ2) is 8.07. The first kappa shape index (κ1) is 18.6. The fraction of sp³-hybridized carbons (Fsp3) is 0.0476. The number of methoxy groups -OCH3 is 1. The Morgan fingerprint density at radius 1 is 1.10 bits per heavy atom. The monoisotopic (exact) mass is 404 g/mol. The van der Waals surface area contributed by atoms with E-state index in [9.17, 15) is 9.59 Å². The molecule has 0 bridgehead atoms. The molecule has 144 valence electrons. The Morgan fingerprint density at radius 3 is 2.59 bits per heavy atom. The predicted octanol–water partition coefficient (Wildman–Crippen LogP) is 3.90. The maximum absolute atomic E-state index is 12.2. The summed E-state index contributed by atoms with van der Waals surface area (Å²) in [5, 5.41) is 9.03. The average molecular weight is 404 g/mol. The molecule has 0 aliphatic carbocycles. The fourth-order valence-electron chi connectivity index (χ4n) is 2.71. The van der Waals surface area contributed by atoms with E-state index in [4.69, 9.17) is 0 Å². The summed E-state index contributed by atoms with van der Waals surface area (Å²) in [4.78, 5) is 28.7. The van der Waals surface area contributed by atoms with Gasteiger partial charge in [-0.2, -0.15) is 4.98 Å². The number of esters is 1. The van der Waals surface area contributed by atoms with Crippen LogP contribution < -0.4 is 5.32 Å². The van der Waals surface area contributed by atoms with E-state index in [0.29, 0.717) is 10.5 Å². The summed E-state index contributed by atoms with van der Waals surface area (Å²) in [6, 6.07) is 16.6. The number of carbonyl (C=O) groups is 2. The SMILES string of the molecule is COC(=O)c1ccc(/C=C/C(=O)Nc2nc3scc(-c4ccccc4)n3n2)cc1. The molecular formula is C21H16N4O3S. The van der Waals surface area contributed by atoms with Gasteiger partial charge in [0, 0.05) is 17.0 Å². The lowest BCUT2D eigenvalue weighted by molar-refractivity contribution is -0.111. The molecule has 4 aromatic rings. The average Bonchev–Trinajstić information content (AvgIpc) is 3.33. The number of ether oxygens (including phenoxy) is 1. The van der Waals surface area contributed by atoms with Gasteiger partial charge in [0.1, 0.15) is 0 Å². The van der Waals surface area contributed by atoms with E-state index in [0.717, 1.165) is 16.8 Å². The van der Waals surface area contributed by atoms with E-state index in [1.807, 2.05) is 35.7 Å². The summed E-state index contributed by atoms with van der Waals surface area (Å²) in [7, 11) is 1.33. The van der Waals surface area contributed by atoms with Crippen LogP contribution in [-0.4, -0.2) is 33.6 Å². The van der Waals surface area contributed by atoms with Gasteiger partial charge < -0.3 is 4.74 Å². The fourth-order valence-corrected chi connectivity index (χ4v) is 3.54. The highest BCUT2D eigenvalue weighted by Gasteiger charge is 2.12. The Balaban J connectivity index is 1.46. The number of nitrogens with zero attached hydrogens (tertiary/aromatic N) is 3. The number of anilines is 1. The molecule has 7 nitrogen and oxygen atoms in total. The molecule has 0 spiro atoms. The van der Waals surface area contributed by atoms with E-state index in [1.54, 1.807) is 34.9 Å². The topological polar surface area (TPSA) is 85.6 Å². The number of aromatic nitrogens is 3. The molecule has 2 heterocycles.